The number of carbonyl (C=O) groups excluding carboxylic acids is 3. The number of rotatable bonds is 6. The topological polar surface area (TPSA) is 122 Å². The number of aliphatic hydroxyl groups is 2. The Balaban J connectivity index is 3.06. The monoisotopic (exact) mass is 583 g/mol. The summed E-state index contributed by atoms with van der Waals surface area (Å²) in [5.74, 6) is -1.24. The lowest BCUT2D eigenvalue weighted by Crippen LogP contribution is -2.39. The minimum atomic E-state index is -1.24. The van der Waals surface area contributed by atoms with Crippen LogP contribution in [0.15, 0.2) is 83.7 Å². The third-order valence-electron chi connectivity index (χ3n) is 6.41. The van der Waals surface area contributed by atoms with Gasteiger partial charge in [0.1, 0.15) is 24.4 Å². The smallest absolute Gasteiger partial charge is 0.330 e. The number of esters is 2. The van der Waals surface area contributed by atoms with Crippen molar-refractivity contribution in [3.63, 3.8) is 0 Å². The van der Waals surface area contributed by atoms with Crippen molar-refractivity contribution in [3.05, 3.63) is 83.7 Å². The van der Waals surface area contributed by atoms with Crippen LogP contribution < -0.4 is 5.32 Å². The standard InChI is InChI=1S/C34H49NO7/c1-24(2)21-32(38)35-20-19-26(4)22-27(5)31-23-25(3)15-11-7-9-13-17-30(41-28(6)36)34(40)29(37)16-12-8-10-14-18-33(39)42-31/h7,11-12,14-16,18-22,27,29-31,34,37,40H,8-10,13,17,23H2,1-6H3,(H,35,38)/b11-7+,16-12+,18-14+,20-19+,25-15+,26-22+/t27-,29?,30-,31-,34+/m1/s1. The molecule has 5 atom stereocenters. The van der Waals surface area contributed by atoms with Gasteiger partial charge in [0, 0.05) is 37.6 Å². The van der Waals surface area contributed by atoms with Crippen molar-refractivity contribution in [2.24, 2.45) is 5.92 Å². The fourth-order valence-corrected chi connectivity index (χ4v) is 4.26. The van der Waals surface area contributed by atoms with Crippen molar-refractivity contribution >= 4 is 17.8 Å². The maximum absolute atomic E-state index is 12.7. The lowest BCUT2D eigenvalue weighted by molar-refractivity contribution is -0.156. The third-order valence-corrected chi connectivity index (χ3v) is 6.41. The van der Waals surface area contributed by atoms with Crippen LogP contribution in [0.5, 0.6) is 0 Å². The van der Waals surface area contributed by atoms with Crippen LogP contribution in [-0.2, 0) is 23.9 Å². The molecule has 232 valence electrons. The van der Waals surface area contributed by atoms with Gasteiger partial charge in [-0.05, 0) is 65.9 Å². The Hall–Kier alpha value is -3.49. The Morgan fingerprint density at radius 2 is 1.81 bits per heavy atom. The molecular weight excluding hydrogens is 534 g/mol. The molecular formula is C34H49NO7. The SMILES string of the molecule is CC(=O)O[C@@H]1CCC/C=C/C=C(\C)C[C@H]([C@H](C)/C=C(C)/C=C/NC(=O)C=C(C)C)OC(=O)/C=C/CC/C=C/C(O)[C@@H]1O. The van der Waals surface area contributed by atoms with E-state index < -0.39 is 36.4 Å². The van der Waals surface area contributed by atoms with Crippen LogP contribution in [0.3, 0.4) is 0 Å². The van der Waals surface area contributed by atoms with Crippen LogP contribution in [-0.4, -0.2) is 52.5 Å². The second kappa shape index (κ2) is 20.4. The highest BCUT2D eigenvalue weighted by molar-refractivity contribution is 5.88. The molecule has 3 N–H and O–H groups in total. The van der Waals surface area contributed by atoms with E-state index in [2.05, 4.69) is 5.32 Å². The molecule has 1 aliphatic heterocycles. The van der Waals surface area contributed by atoms with Gasteiger partial charge in [0.2, 0.25) is 5.91 Å². The van der Waals surface area contributed by atoms with Crippen molar-refractivity contribution in [3.8, 4) is 0 Å². The number of carbonyl (C=O) groups is 3. The molecule has 0 aliphatic carbocycles. The molecule has 8 heteroatoms. The van der Waals surface area contributed by atoms with Crippen LogP contribution in [0, 0.1) is 5.92 Å². The van der Waals surface area contributed by atoms with E-state index in [1.165, 1.54) is 25.2 Å². The maximum Gasteiger partial charge on any atom is 0.330 e. The van der Waals surface area contributed by atoms with E-state index in [-0.39, 0.29) is 11.8 Å². The normalized spacial score (nSPS) is 27.9. The average Bonchev–Trinajstić information content (AvgIpc) is 2.89. The number of ether oxygens (including phenoxy) is 2. The van der Waals surface area contributed by atoms with Crippen molar-refractivity contribution in [1.82, 2.24) is 5.32 Å². The van der Waals surface area contributed by atoms with Gasteiger partial charge >= 0.3 is 11.9 Å². The third kappa shape index (κ3) is 16.7. The molecule has 0 aromatic rings. The summed E-state index contributed by atoms with van der Waals surface area (Å²) in [6, 6.07) is 0. The number of hydrogen-bond acceptors (Lipinski definition) is 7. The number of cyclic esters (lactones) is 1. The van der Waals surface area contributed by atoms with Gasteiger partial charge in [-0.1, -0.05) is 66.2 Å². The van der Waals surface area contributed by atoms with E-state index in [9.17, 15) is 24.6 Å². The van der Waals surface area contributed by atoms with Gasteiger partial charge in [-0.3, -0.25) is 9.59 Å². The first-order chi connectivity index (χ1) is 19.9. The number of hydrogen-bond donors (Lipinski definition) is 3. The van der Waals surface area contributed by atoms with Gasteiger partial charge in [-0.2, -0.15) is 0 Å². The molecule has 42 heavy (non-hydrogen) atoms. The van der Waals surface area contributed by atoms with Gasteiger partial charge in [-0.25, -0.2) is 4.79 Å². The quantitative estimate of drug-likeness (QED) is 0.159. The predicted octanol–water partition coefficient (Wildman–Crippen LogP) is 5.70. The average molecular weight is 584 g/mol. The Kier molecular flexibility index (Phi) is 17.7. The van der Waals surface area contributed by atoms with Crippen molar-refractivity contribution in [2.45, 2.75) is 104 Å². The second-order valence-corrected chi connectivity index (χ2v) is 10.9. The van der Waals surface area contributed by atoms with Crippen molar-refractivity contribution < 1.29 is 34.1 Å². The fraction of sp³-hybridized carbons (Fsp3) is 0.500. The highest BCUT2D eigenvalue weighted by atomic mass is 16.6. The zero-order valence-corrected chi connectivity index (χ0v) is 25.9. The maximum atomic E-state index is 12.7. The zero-order valence-electron chi connectivity index (χ0n) is 25.9. The first-order valence-corrected chi connectivity index (χ1v) is 14.6. The molecule has 1 rings (SSSR count). The summed E-state index contributed by atoms with van der Waals surface area (Å²) in [5, 5.41) is 23.6. The van der Waals surface area contributed by atoms with E-state index >= 15 is 0 Å². The second-order valence-electron chi connectivity index (χ2n) is 10.9. The van der Waals surface area contributed by atoms with Crippen LogP contribution in [0.1, 0.15) is 80.1 Å². The van der Waals surface area contributed by atoms with E-state index in [1.807, 2.05) is 65.0 Å². The summed E-state index contributed by atoms with van der Waals surface area (Å²) >= 11 is 0. The van der Waals surface area contributed by atoms with Crippen LogP contribution >= 0.6 is 0 Å². The van der Waals surface area contributed by atoms with Gasteiger partial charge in [0.25, 0.3) is 0 Å². The Morgan fingerprint density at radius 1 is 1.10 bits per heavy atom. The summed E-state index contributed by atoms with van der Waals surface area (Å²) < 4.78 is 11.1. The molecule has 0 aromatic carbocycles. The number of aliphatic hydroxyl groups excluding tert-OH is 2. The van der Waals surface area contributed by atoms with Crippen LogP contribution in [0.25, 0.3) is 0 Å². The first-order valence-electron chi connectivity index (χ1n) is 14.6. The summed E-state index contributed by atoms with van der Waals surface area (Å²) in [4.78, 5) is 36.0. The molecule has 0 radical (unpaired) electrons. The largest absolute Gasteiger partial charge is 0.460 e. The highest BCUT2D eigenvalue weighted by Crippen LogP contribution is 2.21. The van der Waals surface area contributed by atoms with Crippen molar-refractivity contribution in [2.75, 3.05) is 0 Å². The van der Waals surface area contributed by atoms with Gasteiger partial charge < -0.3 is 25.0 Å². The Labute approximate surface area is 251 Å². The molecule has 1 unspecified atom stereocenters. The Bertz CT molecular complexity index is 1090. The molecule has 1 amide bonds. The summed E-state index contributed by atoms with van der Waals surface area (Å²) in [5.41, 5.74) is 2.87. The molecule has 1 aliphatic rings. The molecule has 0 aromatic heterocycles. The number of allylic oxidation sites excluding steroid dienone is 8. The van der Waals surface area contributed by atoms with E-state index in [0.29, 0.717) is 38.5 Å². The van der Waals surface area contributed by atoms with Gasteiger partial charge in [-0.15, -0.1) is 0 Å². The predicted molar refractivity (Wildman–Crippen MR) is 166 cm³/mol. The van der Waals surface area contributed by atoms with Crippen LogP contribution in [0.4, 0.5) is 0 Å². The summed E-state index contributed by atoms with van der Waals surface area (Å²) in [6.07, 6.45) is 18.9. The van der Waals surface area contributed by atoms with Gasteiger partial charge in [0.15, 0.2) is 0 Å². The molecule has 0 spiro atoms. The lowest BCUT2D eigenvalue weighted by atomic mass is 9.95. The molecule has 0 fully saturated rings. The zero-order chi connectivity index (χ0) is 31.5. The van der Waals surface area contributed by atoms with Crippen molar-refractivity contribution in [1.29, 1.82) is 0 Å². The molecule has 0 bridgehead atoms. The molecule has 0 saturated heterocycles. The number of amides is 1. The van der Waals surface area contributed by atoms with Gasteiger partial charge in [0.05, 0.1) is 0 Å². The molecule has 8 nitrogen and oxygen atoms in total. The van der Waals surface area contributed by atoms with Crippen LogP contribution in [0.2, 0.25) is 0 Å². The minimum Gasteiger partial charge on any atom is -0.460 e. The van der Waals surface area contributed by atoms with E-state index in [0.717, 1.165) is 16.7 Å². The highest BCUT2D eigenvalue weighted by Gasteiger charge is 2.27. The Morgan fingerprint density at radius 3 is 2.50 bits per heavy atom. The molecule has 0 saturated carbocycles. The van der Waals surface area contributed by atoms with E-state index in [1.54, 1.807) is 18.4 Å². The summed E-state index contributed by atoms with van der Waals surface area (Å²) in [7, 11) is 0. The lowest BCUT2D eigenvalue weighted by Gasteiger charge is -2.25. The minimum absolute atomic E-state index is 0.0975. The first kappa shape index (κ1) is 36.5. The number of nitrogens with one attached hydrogen (secondary N) is 1. The fourth-order valence-electron chi connectivity index (χ4n) is 4.26. The van der Waals surface area contributed by atoms with E-state index in [4.69, 9.17) is 9.47 Å². The summed E-state index contributed by atoms with van der Waals surface area (Å²) in [6.45, 7) is 10.9. The molecule has 1 heterocycles.